The summed E-state index contributed by atoms with van der Waals surface area (Å²) in [6.45, 7) is 1.76. The number of Topliss-reactive ketones (excluding diaryl/α,β-unsaturated/α-hetero) is 1. The molecule has 2 aliphatic heterocycles. The van der Waals surface area contributed by atoms with Gasteiger partial charge >= 0.3 is 0 Å². The van der Waals surface area contributed by atoms with Gasteiger partial charge in [0, 0.05) is 30.0 Å². The molecule has 0 N–H and O–H groups in total. The van der Waals surface area contributed by atoms with Gasteiger partial charge in [-0.25, -0.2) is 4.39 Å². The number of hydrogen-bond acceptors (Lipinski definition) is 3. The van der Waals surface area contributed by atoms with E-state index in [2.05, 4.69) is 15.9 Å². The lowest BCUT2D eigenvalue weighted by Gasteiger charge is -2.36. The maximum atomic E-state index is 13.9. The van der Waals surface area contributed by atoms with Crippen LogP contribution in [-0.4, -0.2) is 31.2 Å². The summed E-state index contributed by atoms with van der Waals surface area (Å²) in [6, 6.07) is 4.58. The van der Waals surface area contributed by atoms with Crippen LogP contribution in [0.15, 0.2) is 22.7 Å². The van der Waals surface area contributed by atoms with E-state index in [1.165, 1.54) is 6.07 Å². The lowest BCUT2D eigenvalue weighted by atomic mass is 9.81. The zero-order valence-corrected chi connectivity index (χ0v) is 12.6. The molecule has 5 heteroatoms. The van der Waals surface area contributed by atoms with E-state index in [4.69, 9.17) is 9.47 Å². The Morgan fingerprint density at radius 2 is 2.25 bits per heavy atom. The van der Waals surface area contributed by atoms with E-state index in [-0.39, 0.29) is 22.9 Å². The van der Waals surface area contributed by atoms with Crippen molar-refractivity contribution in [2.24, 2.45) is 5.92 Å². The molecule has 2 unspecified atom stereocenters. The molecule has 3 rings (SSSR count). The molecule has 1 spiro atoms. The van der Waals surface area contributed by atoms with Crippen LogP contribution < -0.4 is 0 Å². The number of hydrogen-bond donors (Lipinski definition) is 0. The van der Waals surface area contributed by atoms with Crippen molar-refractivity contribution in [2.45, 2.75) is 24.9 Å². The van der Waals surface area contributed by atoms with Gasteiger partial charge < -0.3 is 9.47 Å². The third-order valence-corrected chi connectivity index (χ3v) is 4.62. The first-order valence-electron chi connectivity index (χ1n) is 6.81. The average Bonchev–Trinajstić information content (AvgIpc) is 2.86. The summed E-state index contributed by atoms with van der Waals surface area (Å²) in [5, 5.41) is 0. The molecule has 3 nitrogen and oxygen atoms in total. The van der Waals surface area contributed by atoms with Crippen molar-refractivity contribution in [1.29, 1.82) is 0 Å². The average molecular weight is 343 g/mol. The van der Waals surface area contributed by atoms with Gasteiger partial charge in [-0.1, -0.05) is 15.9 Å². The Morgan fingerprint density at radius 3 is 2.95 bits per heavy atom. The van der Waals surface area contributed by atoms with Crippen LogP contribution in [0.2, 0.25) is 0 Å². The van der Waals surface area contributed by atoms with Crippen molar-refractivity contribution in [3.05, 3.63) is 34.1 Å². The molecular formula is C15H16BrFO3. The highest BCUT2D eigenvalue weighted by molar-refractivity contribution is 9.10. The fourth-order valence-electron chi connectivity index (χ4n) is 3.02. The zero-order valence-electron chi connectivity index (χ0n) is 11.0. The summed E-state index contributed by atoms with van der Waals surface area (Å²) >= 11 is 3.20. The van der Waals surface area contributed by atoms with Crippen molar-refractivity contribution in [3.8, 4) is 0 Å². The number of ether oxygens (including phenoxy) is 2. The van der Waals surface area contributed by atoms with Gasteiger partial charge in [-0.15, -0.1) is 0 Å². The molecule has 0 aliphatic carbocycles. The van der Waals surface area contributed by atoms with Crippen LogP contribution in [0.1, 0.15) is 29.6 Å². The van der Waals surface area contributed by atoms with Gasteiger partial charge in [-0.3, -0.25) is 4.79 Å². The molecule has 0 bridgehead atoms. The minimum atomic E-state index is -0.465. The van der Waals surface area contributed by atoms with Crippen LogP contribution in [-0.2, 0) is 9.47 Å². The minimum Gasteiger partial charge on any atom is -0.378 e. The van der Waals surface area contributed by atoms with Crippen LogP contribution in [0.25, 0.3) is 0 Å². The number of benzene rings is 1. The Labute approximate surface area is 125 Å². The topological polar surface area (TPSA) is 35.5 Å². The number of carbonyl (C=O) groups excluding carboxylic acids is 1. The smallest absolute Gasteiger partial charge is 0.169 e. The molecule has 2 saturated heterocycles. The lowest BCUT2D eigenvalue weighted by Crippen LogP contribution is -2.42. The Kier molecular flexibility index (Phi) is 3.93. The lowest BCUT2D eigenvalue weighted by molar-refractivity contribution is -0.0921. The first kappa shape index (κ1) is 14.2. The summed E-state index contributed by atoms with van der Waals surface area (Å²) < 4.78 is 25.8. The molecule has 2 fully saturated rings. The van der Waals surface area contributed by atoms with E-state index >= 15 is 0 Å². The molecule has 108 valence electrons. The molecule has 1 aromatic carbocycles. The normalized spacial score (nSPS) is 29.8. The van der Waals surface area contributed by atoms with E-state index in [1.54, 1.807) is 12.1 Å². The highest BCUT2D eigenvalue weighted by atomic mass is 79.9. The summed E-state index contributed by atoms with van der Waals surface area (Å²) in [4.78, 5) is 12.5. The molecule has 20 heavy (non-hydrogen) atoms. The molecule has 0 amide bonds. The molecular weight excluding hydrogens is 327 g/mol. The molecule has 2 aliphatic rings. The van der Waals surface area contributed by atoms with E-state index in [9.17, 15) is 9.18 Å². The summed E-state index contributed by atoms with van der Waals surface area (Å²) in [5.41, 5.74) is -0.154. The van der Waals surface area contributed by atoms with Gasteiger partial charge in [0.1, 0.15) is 5.82 Å². The van der Waals surface area contributed by atoms with E-state index in [1.807, 2.05) is 0 Å². The highest BCUT2D eigenvalue weighted by Gasteiger charge is 2.43. The van der Waals surface area contributed by atoms with Gasteiger partial charge in [0.05, 0.1) is 17.8 Å². The Bertz CT molecular complexity index is 526. The van der Waals surface area contributed by atoms with Crippen LogP contribution in [0.3, 0.4) is 0 Å². The first-order chi connectivity index (χ1) is 9.60. The summed E-state index contributed by atoms with van der Waals surface area (Å²) in [7, 11) is 0. The van der Waals surface area contributed by atoms with Gasteiger partial charge in [0.25, 0.3) is 0 Å². The van der Waals surface area contributed by atoms with Gasteiger partial charge in [-0.05, 0) is 31.0 Å². The molecule has 0 radical (unpaired) electrons. The fourth-order valence-corrected chi connectivity index (χ4v) is 3.36. The quantitative estimate of drug-likeness (QED) is 0.773. The van der Waals surface area contributed by atoms with Crippen molar-refractivity contribution in [2.75, 3.05) is 19.8 Å². The number of halogens is 2. The predicted molar refractivity (Wildman–Crippen MR) is 75.3 cm³/mol. The van der Waals surface area contributed by atoms with Crippen molar-refractivity contribution in [1.82, 2.24) is 0 Å². The van der Waals surface area contributed by atoms with Crippen LogP contribution >= 0.6 is 15.9 Å². The summed E-state index contributed by atoms with van der Waals surface area (Å²) in [5.74, 6) is -0.765. The van der Waals surface area contributed by atoms with Crippen LogP contribution in [0.5, 0.6) is 0 Å². The Hall–Kier alpha value is -0.780. The van der Waals surface area contributed by atoms with E-state index < -0.39 is 5.82 Å². The predicted octanol–water partition coefficient (Wildman–Crippen LogP) is 3.36. The fraction of sp³-hybridized carbons (Fsp3) is 0.533. The second kappa shape index (κ2) is 5.54. The van der Waals surface area contributed by atoms with Gasteiger partial charge in [-0.2, -0.15) is 0 Å². The maximum Gasteiger partial charge on any atom is 0.169 e. The Morgan fingerprint density at radius 1 is 1.40 bits per heavy atom. The molecule has 0 saturated carbocycles. The molecule has 2 atom stereocenters. The third kappa shape index (κ3) is 2.67. The maximum absolute atomic E-state index is 13.9. The number of rotatable bonds is 2. The summed E-state index contributed by atoms with van der Waals surface area (Å²) in [6.07, 6.45) is 2.09. The van der Waals surface area contributed by atoms with Crippen molar-refractivity contribution >= 4 is 21.7 Å². The zero-order chi connectivity index (χ0) is 14.2. The minimum absolute atomic E-state index is 0.121. The highest BCUT2D eigenvalue weighted by Crippen LogP contribution is 2.37. The standard InChI is InChI=1S/C15H16BrFO3/c16-11-1-2-12(13(17)7-11)14(18)10-3-5-20-15(8-10)4-6-19-9-15/h1-2,7,10H,3-6,8-9H2. The van der Waals surface area contributed by atoms with Crippen molar-refractivity contribution < 1.29 is 18.7 Å². The van der Waals surface area contributed by atoms with Crippen LogP contribution in [0, 0.1) is 11.7 Å². The monoisotopic (exact) mass is 342 g/mol. The second-order valence-electron chi connectivity index (χ2n) is 5.51. The number of carbonyl (C=O) groups is 1. The molecule has 0 aromatic heterocycles. The molecule has 1 aromatic rings. The first-order valence-corrected chi connectivity index (χ1v) is 7.60. The van der Waals surface area contributed by atoms with Crippen molar-refractivity contribution in [3.63, 3.8) is 0 Å². The Balaban J connectivity index is 1.79. The number of ketones is 1. The van der Waals surface area contributed by atoms with Crippen LogP contribution in [0.4, 0.5) is 4.39 Å². The van der Waals surface area contributed by atoms with Gasteiger partial charge in [0.15, 0.2) is 5.78 Å². The SMILES string of the molecule is O=C(c1ccc(Br)cc1F)C1CCOC2(CCOC2)C1. The second-order valence-corrected chi connectivity index (χ2v) is 6.43. The third-order valence-electron chi connectivity index (χ3n) is 4.13. The molecule has 2 heterocycles. The largest absolute Gasteiger partial charge is 0.378 e. The van der Waals surface area contributed by atoms with E-state index in [0.717, 1.165) is 6.42 Å². The van der Waals surface area contributed by atoms with E-state index in [0.29, 0.717) is 37.1 Å². The van der Waals surface area contributed by atoms with Gasteiger partial charge in [0.2, 0.25) is 0 Å².